The maximum atomic E-state index is 13.7. The summed E-state index contributed by atoms with van der Waals surface area (Å²) in [7, 11) is -7.75. The van der Waals surface area contributed by atoms with Gasteiger partial charge in [-0.3, -0.25) is 19.2 Å². The molecule has 1 heterocycles. The average Bonchev–Trinajstić information content (AvgIpc) is 2.83. The molecule has 0 unspecified atom stereocenters. The smallest absolute Gasteiger partial charge is 0.270 e. The molecule has 2 aromatic rings. The van der Waals surface area contributed by atoms with Crippen LogP contribution in [-0.4, -0.2) is 88.4 Å². The molecule has 11 nitrogen and oxygen atoms in total. The number of hydrogen-bond acceptors (Lipinski definition) is 9. The Morgan fingerprint density at radius 3 is 2.28 bits per heavy atom. The first-order valence-corrected chi connectivity index (χ1v) is 15.6. The highest BCUT2D eigenvalue weighted by molar-refractivity contribution is 9.09. The first-order valence-electron chi connectivity index (χ1n) is 11.2. The number of rotatable bonds is 12. The molecule has 3 rings (SSSR count). The Kier molecular flexibility index (Phi) is 9.83. The van der Waals surface area contributed by atoms with E-state index in [-0.39, 0.29) is 42.5 Å². The van der Waals surface area contributed by atoms with E-state index in [0.717, 1.165) is 17.9 Å². The van der Waals surface area contributed by atoms with Gasteiger partial charge in [0.1, 0.15) is 4.90 Å². The lowest BCUT2D eigenvalue weighted by Crippen LogP contribution is -2.48. The summed E-state index contributed by atoms with van der Waals surface area (Å²) in [6.07, 6.45) is 0.932. The van der Waals surface area contributed by atoms with Gasteiger partial charge in [0.2, 0.25) is 10.0 Å². The molecule has 36 heavy (non-hydrogen) atoms. The van der Waals surface area contributed by atoms with Crippen LogP contribution in [-0.2, 0) is 30.9 Å². The van der Waals surface area contributed by atoms with E-state index < -0.39 is 25.1 Å². The molecule has 0 radical (unpaired) electrons. The van der Waals surface area contributed by atoms with Crippen molar-refractivity contribution >= 4 is 47.4 Å². The molecule has 2 aromatic carbocycles. The molecule has 0 amide bonds. The van der Waals surface area contributed by atoms with Crippen molar-refractivity contribution in [2.75, 3.05) is 62.4 Å². The lowest BCUT2D eigenvalue weighted by atomic mass is 10.2. The fraction of sp³-hybridized carbons (Fsp3) is 0.455. The first-order chi connectivity index (χ1) is 17.0. The van der Waals surface area contributed by atoms with Crippen molar-refractivity contribution < 1.29 is 25.9 Å². The molecule has 198 valence electrons. The zero-order valence-corrected chi connectivity index (χ0v) is 23.0. The average molecular weight is 606 g/mol. The van der Waals surface area contributed by atoms with Gasteiger partial charge in [0.15, 0.2) is 0 Å². The molecule has 0 saturated carbocycles. The molecule has 1 aliphatic heterocycles. The second kappa shape index (κ2) is 12.4. The third-order valence-corrected chi connectivity index (χ3v) is 8.58. The van der Waals surface area contributed by atoms with Crippen molar-refractivity contribution in [1.29, 1.82) is 0 Å². The van der Waals surface area contributed by atoms with Crippen molar-refractivity contribution in [3.05, 3.63) is 64.2 Å². The number of anilines is 1. The third-order valence-electron chi connectivity index (χ3n) is 5.71. The molecular formula is C22H29BrN4O7S2. The van der Waals surface area contributed by atoms with Gasteiger partial charge in [-0.1, -0.05) is 46.3 Å². The molecule has 14 heteroatoms. The van der Waals surface area contributed by atoms with Crippen LogP contribution in [0.4, 0.5) is 11.4 Å². The molecule has 0 aromatic heterocycles. The second-order valence-corrected chi connectivity index (χ2v) is 12.6. The van der Waals surface area contributed by atoms with Crippen LogP contribution in [0, 0.1) is 10.1 Å². The summed E-state index contributed by atoms with van der Waals surface area (Å²) in [5, 5.41) is 11.9. The predicted octanol–water partition coefficient (Wildman–Crippen LogP) is 2.28. The number of piperazine rings is 1. The van der Waals surface area contributed by atoms with Gasteiger partial charge in [-0.25, -0.2) is 8.42 Å². The second-order valence-electron chi connectivity index (χ2n) is 8.28. The normalized spacial score (nSPS) is 15.6. The molecular weight excluding hydrogens is 576 g/mol. The number of nitro benzene ring substituents is 1. The molecule has 0 aliphatic carbocycles. The summed E-state index contributed by atoms with van der Waals surface area (Å²) >= 11 is 3.33. The highest BCUT2D eigenvalue weighted by Gasteiger charge is 2.33. The SMILES string of the molecule is CS(=O)(=O)OCCN(CCBr)c1ccc([N+](=O)[O-])cc1S(=O)(=O)N1CCN(Cc2ccccc2)CC1. The van der Waals surface area contributed by atoms with Crippen LogP contribution < -0.4 is 4.90 Å². The van der Waals surface area contributed by atoms with Crippen LogP contribution in [0.5, 0.6) is 0 Å². The van der Waals surface area contributed by atoms with Crippen LogP contribution in [0.3, 0.4) is 0 Å². The molecule has 1 saturated heterocycles. The van der Waals surface area contributed by atoms with E-state index in [9.17, 15) is 26.9 Å². The van der Waals surface area contributed by atoms with E-state index in [2.05, 4.69) is 20.8 Å². The monoisotopic (exact) mass is 604 g/mol. The summed E-state index contributed by atoms with van der Waals surface area (Å²) in [5.41, 5.74) is 1.05. The van der Waals surface area contributed by atoms with Crippen molar-refractivity contribution in [3.8, 4) is 0 Å². The molecule has 0 N–H and O–H groups in total. The molecule has 0 atom stereocenters. The molecule has 0 spiro atoms. The summed E-state index contributed by atoms with van der Waals surface area (Å²) in [5.74, 6) is 0. The largest absolute Gasteiger partial charge is 0.367 e. The maximum absolute atomic E-state index is 13.7. The minimum atomic E-state index is -4.08. The van der Waals surface area contributed by atoms with Crippen LogP contribution >= 0.6 is 15.9 Å². The van der Waals surface area contributed by atoms with Crippen molar-refractivity contribution in [2.45, 2.75) is 11.4 Å². The highest BCUT2D eigenvalue weighted by atomic mass is 79.9. The van der Waals surface area contributed by atoms with E-state index in [1.54, 1.807) is 4.90 Å². The maximum Gasteiger partial charge on any atom is 0.270 e. The number of nitro groups is 1. The summed E-state index contributed by atoms with van der Waals surface area (Å²) < 4.78 is 56.3. The quantitative estimate of drug-likeness (QED) is 0.155. The van der Waals surface area contributed by atoms with Crippen LogP contribution in [0.1, 0.15) is 5.56 Å². The number of non-ortho nitro benzene ring substituents is 1. The van der Waals surface area contributed by atoms with E-state index in [1.165, 1.54) is 16.4 Å². The Balaban J connectivity index is 1.85. The summed E-state index contributed by atoms with van der Waals surface area (Å²) in [6, 6.07) is 13.6. The summed E-state index contributed by atoms with van der Waals surface area (Å²) in [6.45, 7) is 2.44. The Hall–Kier alpha value is -2.10. The van der Waals surface area contributed by atoms with Gasteiger partial charge in [-0.15, -0.1) is 0 Å². The number of hydrogen-bond donors (Lipinski definition) is 0. The third kappa shape index (κ3) is 7.70. The predicted molar refractivity (Wildman–Crippen MR) is 140 cm³/mol. The zero-order chi connectivity index (χ0) is 26.3. The van der Waals surface area contributed by atoms with E-state index in [1.807, 2.05) is 30.3 Å². The van der Waals surface area contributed by atoms with Crippen molar-refractivity contribution in [3.63, 3.8) is 0 Å². The van der Waals surface area contributed by atoms with Crippen molar-refractivity contribution in [2.24, 2.45) is 0 Å². The van der Waals surface area contributed by atoms with Crippen LogP contribution in [0.2, 0.25) is 0 Å². The minimum Gasteiger partial charge on any atom is -0.367 e. The molecule has 1 fully saturated rings. The highest BCUT2D eigenvalue weighted by Crippen LogP contribution is 2.32. The lowest BCUT2D eigenvalue weighted by molar-refractivity contribution is -0.385. The van der Waals surface area contributed by atoms with E-state index >= 15 is 0 Å². The van der Waals surface area contributed by atoms with Gasteiger partial charge >= 0.3 is 0 Å². The lowest BCUT2D eigenvalue weighted by Gasteiger charge is -2.35. The van der Waals surface area contributed by atoms with Gasteiger partial charge in [0.05, 0.1) is 23.5 Å². The number of nitrogens with zero attached hydrogens (tertiary/aromatic N) is 4. The van der Waals surface area contributed by atoms with Crippen molar-refractivity contribution in [1.82, 2.24) is 9.21 Å². The van der Waals surface area contributed by atoms with E-state index in [0.29, 0.717) is 31.5 Å². The Labute approximate surface area is 220 Å². The standard InChI is InChI=1S/C22H29BrN4O7S2/c1-35(30,31)34-16-15-25(10-9-23)21-8-7-20(27(28)29)17-22(21)36(32,33)26-13-11-24(12-14-26)18-19-5-3-2-4-6-19/h2-8,17H,9-16,18H2,1H3. The van der Waals surface area contributed by atoms with Gasteiger partial charge in [-0.05, 0) is 11.6 Å². The number of alkyl halides is 1. The van der Waals surface area contributed by atoms with Crippen LogP contribution in [0.15, 0.2) is 53.4 Å². The number of benzene rings is 2. The van der Waals surface area contributed by atoms with Gasteiger partial charge in [-0.2, -0.15) is 12.7 Å². The molecule has 1 aliphatic rings. The van der Waals surface area contributed by atoms with Crippen LogP contribution in [0.25, 0.3) is 0 Å². The first kappa shape index (κ1) is 28.5. The zero-order valence-electron chi connectivity index (χ0n) is 19.8. The fourth-order valence-corrected chi connectivity index (χ4v) is 6.41. The molecule has 0 bridgehead atoms. The van der Waals surface area contributed by atoms with Gasteiger partial charge in [0, 0.05) is 63.3 Å². The number of sulfonamides is 1. The minimum absolute atomic E-state index is 0.0733. The summed E-state index contributed by atoms with van der Waals surface area (Å²) in [4.78, 5) is 14.4. The number of halogens is 1. The fourth-order valence-electron chi connectivity index (χ4n) is 3.95. The Morgan fingerprint density at radius 1 is 1.03 bits per heavy atom. The Bertz CT molecular complexity index is 1250. The topological polar surface area (TPSA) is 130 Å². The van der Waals surface area contributed by atoms with E-state index in [4.69, 9.17) is 4.18 Å². The van der Waals surface area contributed by atoms with Gasteiger partial charge < -0.3 is 4.90 Å². The Morgan fingerprint density at radius 2 is 1.69 bits per heavy atom. The van der Waals surface area contributed by atoms with Gasteiger partial charge in [0.25, 0.3) is 15.8 Å².